The van der Waals surface area contributed by atoms with E-state index in [4.69, 9.17) is 9.84 Å². The molecule has 1 aliphatic rings. The Morgan fingerprint density at radius 3 is 2.62 bits per heavy atom. The molecular formula is C17H25N3O. The van der Waals surface area contributed by atoms with Crippen molar-refractivity contribution in [3.8, 4) is 0 Å². The number of methoxy groups -OCH3 is 1. The van der Waals surface area contributed by atoms with Crippen LogP contribution in [0.1, 0.15) is 32.4 Å². The van der Waals surface area contributed by atoms with Crippen LogP contribution in [0.5, 0.6) is 0 Å². The van der Waals surface area contributed by atoms with Crippen molar-refractivity contribution in [1.29, 1.82) is 0 Å². The van der Waals surface area contributed by atoms with E-state index in [1.807, 2.05) is 7.11 Å². The van der Waals surface area contributed by atoms with Crippen LogP contribution in [0.15, 0.2) is 24.3 Å². The molecule has 0 unspecified atom stereocenters. The summed E-state index contributed by atoms with van der Waals surface area (Å²) in [6.45, 7) is 8.38. The molecule has 0 saturated carbocycles. The molecule has 0 N–H and O–H groups in total. The maximum absolute atomic E-state index is 5.62. The van der Waals surface area contributed by atoms with Crippen molar-refractivity contribution in [2.45, 2.75) is 45.4 Å². The summed E-state index contributed by atoms with van der Waals surface area (Å²) in [5, 5.41) is 6.09. The van der Waals surface area contributed by atoms with Crippen LogP contribution in [0.25, 0.3) is 10.9 Å². The fraction of sp³-hybridized carbons (Fsp3) is 0.588. The molecule has 0 aliphatic carbocycles. The Morgan fingerprint density at radius 2 is 1.95 bits per heavy atom. The van der Waals surface area contributed by atoms with Gasteiger partial charge in [0.2, 0.25) is 0 Å². The van der Waals surface area contributed by atoms with Gasteiger partial charge < -0.3 is 4.74 Å². The second-order valence-electron chi connectivity index (χ2n) is 6.21. The van der Waals surface area contributed by atoms with E-state index in [1.165, 1.54) is 16.6 Å². The van der Waals surface area contributed by atoms with Crippen molar-refractivity contribution >= 4 is 10.9 Å². The molecular weight excluding hydrogens is 262 g/mol. The van der Waals surface area contributed by atoms with Crippen LogP contribution in [0, 0.1) is 0 Å². The molecule has 3 rings (SSSR count). The Kier molecular flexibility index (Phi) is 4.00. The number of fused-ring (bicyclic) bond motifs is 1. The standard InChI is InChI=1S/C17H25N3O/c1-4-20-16-8-6-5-7-14(16)15(18-20)13-19-11-9-17(2,21-3)10-12-19/h5-8H,4,9-13H2,1-3H3. The van der Waals surface area contributed by atoms with Crippen LogP contribution in [0.3, 0.4) is 0 Å². The Morgan fingerprint density at radius 1 is 1.24 bits per heavy atom. The van der Waals surface area contributed by atoms with Crippen LogP contribution in [0.2, 0.25) is 0 Å². The Balaban J connectivity index is 1.77. The van der Waals surface area contributed by atoms with Gasteiger partial charge in [0, 0.05) is 38.7 Å². The summed E-state index contributed by atoms with van der Waals surface area (Å²) in [4.78, 5) is 2.50. The molecule has 2 heterocycles. The van der Waals surface area contributed by atoms with Crippen LogP contribution in [0.4, 0.5) is 0 Å². The number of piperidine rings is 1. The van der Waals surface area contributed by atoms with Crippen LogP contribution in [-0.2, 0) is 17.8 Å². The molecule has 2 aromatic rings. The van der Waals surface area contributed by atoms with Crippen molar-refractivity contribution in [2.75, 3.05) is 20.2 Å². The lowest BCUT2D eigenvalue weighted by Gasteiger charge is -2.38. The molecule has 0 amide bonds. The first kappa shape index (κ1) is 14.5. The molecule has 0 bridgehead atoms. The van der Waals surface area contributed by atoms with Crippen molar-refractivity contribution in [3.05, 3.63) is 30.0 Å². The molecule has 1 aliphatic heterocycles. The maximum atomic E-state index is 5.62. The van der Waals surface area contributed by atoms with Crippen LogP contribution >= 0.6 is 0 Å². The Labute approximate surface area is 126 Å². The third-order valence-electron chi connectivity index (χ3n) is 4.81. The average Bonchev–Trinajstić information content (AvgIpc) is 2.88. The smallest absolute Gasteiger partial charge is 0.0843 e. The number of aryl methyl sites for hydroxylation is 1. The first-order valence-electron chi connectivity index (χ1n) is 7.87. The zero-order valence-corrected chi connectivity index (χ0v) is 13.3. The number of rotatable bonds is 4. The third kappa shape index (κ3) is 2.83. The number of para-hydroxylation sites is 1. The summed E-state index contributed by atoms with van der Waals surface area (Å²) in [6, 6.07) is 8.54. The molecule has 0 atom stereocenters. The highest BCUT2D eigenvalue weighted by molar-refractivity contribution is 5.81. The second kappa shape index (κ2) is 5.78. The largest absolute Gasteiger partial charge is 0.378 e. The highest BCUT2D eigenvalue weighted by Gasteiger charge is 2.30. The second-order valence-corrected chi connectivity index (χ2v) is 6.21. The quantitative estimate of drug-likeness (QED) is 0.866. The lowest BCUT2D eigenvalue weighted by Crippen LogP contribution is -2.43. The molecule has 1 aromatic heterocycles. The van der Waals surface area contributed by atoms with Gasteiger partial charge in [0.05, 0.1) is 16.8 Å². The van der Waals surface area contributed by atoms with Gasteiger partial charge in [0.15, 0.2) is 0 Å². The van der Waals surface area contributed by atoms with Gasteiger partial charge in [-0.15, -0.1) is 0 Å². The Bertz CT molecular complexity index is 612. The predicted molar refractivity (Wildman–Crippen MR) is 85.3 cm³/mol. The number of hydrogen-bond donors (Lipinski definition) is 0. The monoisotopic (exact) mass is 287 g/mol. The van der Waals surface area contributed by atoms with Gasteiger partial charge in [0.1, 0.15) is 0 Å². The summed E-state index contributed by atoms with van der Waals surface area (Å²) in [5.74, 6) is 0. The number of likely N-dealkylation sites (tertiary alicyclic amines) is 1. The first-order chi connectivity index (χ1) is 10.1. The molecule has 1 saturated heterocycles. The first-order valence-corrected chi connectivity index (χ1v) is 7.87. The fourth-order valence-corrected chi connectivity index (χ4v) is 3.15. The van der Waals surface area contributed by atoms with E-state index in [9.17, 15) is 0 Å². The van der Waals surface area contributed by atoms with Crippen molar-refractivity contribution in [3.63, 3.8) is 0 Å². The SMILES string of the molecule is CCn1nc(CN2CCC(C)(OC)CC2)c2ccccc21. The van der Waals surface area contributed by atoms with E-state index < -0.39 is 0 Å². The van der Waals surface area contributed by atoms with Crippen LogP contribution < -0.4 is 0 Å². The number of hydrogen-bond acceptors (Lipinski definition) is 3. The number of aromatic nitrogens is 2. The van der Waals surface area contributed by atoms with Gasteiger partial charge >= 0.3 is 0 Å². The molecule has 0 radical (unpaired) electrons. The average molecular weight is 287 g/mol. The summed E-state index contributed by atoms with van der Waals surface area (Å²) in [5.41, 5.74) is 2.50. The van der Waals surface area contributed by atoms with Gasteiger partial charge in [-0.25, -0.2) is 0 Å². The number of ether oxygens (including phenoxy) is 1. The van der Waals surface area contributed by atoms with E-state index in [2.05, 4.69) is 47.7 Å². The summed E-state index contributed by atoms with van der Waals surface area (Å²) < 4.78 is 7.73. The van der Waals surface area contributed by atoms with Crippen molar-refractivity contribution in [1.82, 2.24) is 14.7 Å². The normalized spacial score (nSPS) is 19.2. The number of benzene rings is 1. The van der Waals surface area contributed by atoms with E-state index in [0.29, 0.717) is 0 Å². The molecule has 1 aromatic carbocycles. The minimum absolute atomic E-state index is 0.0569. The van der Waals surface area contributed by atoms with Gasteiger partial charge in [-0.3, -0.25) is 9.58 Å². The summed E-state index contributed by atoms with van der Waals surface area (Å²) in [6.07, 6.45) is 2.19. The van der Waals surface area contributed by atoms with E-state index in [-0.39, 0.29) is 5.60 Å². The highest BCUT2D eigenvalue weighted by atomic mass is 16.5. The zero-order valence-electron chi connectivity index (χ0n) is 13.3. The molecule has 0 spiro atoms. The van der Waals surface area contributed by atoms with Crippen molar-refractivity contribution in [2.24, 2.45) is 0 Å². The predicted octanol–water partition coefficient (Wildman–Crippen LogP) is 3.06. The van der Waals surface area contributed by atoms with E-state index in [0.717, 1.165) is 39.0 Å². The third-order valence-corrected chi connectivity index (χ3v) is 4.81. The lowest BCUT2D eigenvalue weighted by atomic mass is 9.93. The molecule has 4 nitrogen and oxygen atoms in total. The fourth-order valence-electron chi connectivity index (χ4n) is 3.15. The van der Waals surface area contributed by atoms with E-state index >= 15 is 0 Å². The Hall–Kier alpha value is -1.39. The zero-order chi connectivity index (χ0) is 14.9. The van der Waals surface area contributed by atoms with Gasteiger partial charge in [-0.1, -0.05) is 18.2 Å². The number of nitrogens with zero attached hydrogens (tertiary/aromatic N) is 3. The van der Waals surface area contributed by atoms with Gasteiger partial charge in [-0.05, 0) is 32.8 Å². The van der Waals surface area contributed by atoms with Crippen LogP contribution in [-0.4, -0.2) is 40.5 Å². The molecule has 1 fully saturated rings. The summed E-state index contributed by atoms with van der Waals surface area (Å²) >= 11 is 0. The molecule has 114 valence electrons. The lowest BCUT2D eigenvalue weighted by molar-refractivity contribution is -0.0442. The topological polar surface area (TPSA) is 30.3 Å². The van der Waals surface area contributed by atoms with Gasteiger partial charge in [-0.2, -0.15) is 5.10 Å². The minimum Gasteiger partial charge on any atom is -0.378 e. The molecule has 21 heavy (non-hydrogen) atoms. The van der Waals surface area contributed by atoms with E-state index in [1.54, 1.807) is 0 Å². The maximum Gasteiger partial charge on any atom is 0.0843 e. The molecule has 4 heteroatoms. The van der Waals surface area contributed by atoms with Gasteiger partial charge in [0.25, 0.3) is 0 Å². The van der Waals surface area contributed by atoms with Crippen molar-refractivity contribution < 1.29 is 4.74 Å². The highest BCUT2D eigenvalue weighted by Crippen LogP contribution is 2.27. The minimum atomic E-state index is 0.0569. The summed E-state index contributed by atoms with van der Waals surface area (Å²) in [7, 11) is 1.83.